The number of hydrogen-bond donors (Lipinski definition) is 0. The Hall–Kier alpha value is -0.850. The van der Waals surface area contributed by atoms with Crippen molar-refractivity contribution < 1.29 is 4.79 Å². The fraction of sp³-hybridized carbons (Fsp3) is 0.750. The predicted octanol–water partition coefficient (Wildman–Crippen LogP) is 6.78. The Labute approximate surface area is 132 Å². The summed E-state index contributed by atoms with van der Waals surface area (Å²) in [4.78, 5) is 12.5. The third-order valence-electron chi connectivity index (χ3n) is 3.76. The summed E-state index contributed by atoms with van der Waals surface area (Å²) >= 11 is 0. The molecule has 0 saturated heterocycles. The lowest BCUT2D eigenvalue weighted by Crippen LogP contribution is -2.08. The maximum absolute atomic E-state index is 12.5. The van der Waals surface area contributed by atoms with Gasteiger partial charge in [-0.1, -0.05) is 66.4 Å². The van der Waals surface area contributed by atoms with E-state index in [-0.39, 0.29) is 0 Å². The Morgan fingerprint density at radius 1 is 0.667 bits per heavy atom. The average Bonchev–Trinajstić information content (AvgIpc) is 2.47. The van der Waals surface area contributed by atoms with Crippen LogP contribution in [0.25, 0.3) is 0 Å². The van der Waals surface area contributed by atoms with E-state index in [1.54, 1.807) is 0 Å². The number of hydrogen-bond acceptors (Lipinski definition) is 1. The molecule has 1 nitrogen and oxygen atoms in total. The Bertz CT molecular complexity index is 347. The van der Waals surface area contributed by atoms with E-state index in [4.69, 9.17) is 0 Å². The maximum Gasteiger partial charge on any atom is 0.159 e. The molecule has 0 aromatic carbocycles. The van der Waals surface area contributed by atoms with Crippen LogP contribution in [0, 0.1) is 0 Å². The minimum absolute atomic E-state index is 0.390. The Balaban J connectivity index is 5.67. The van der Waals surface area contributed by atoms with Crippen LogP contribution in [0.1, 0.15) is 98.8 Å². The highest BCUT2D eigenvalue weighted by Crippen LogP contribution is 2.29. The predicted molar refractivity (Wildman–Crippen MR) is 94.7 cm³/mol. The van der Waals surface area contributed by atoms with Gasteiger partial charge in [-0.2, -0.15) is 0 Å². The molecule has 0 unspecified atom stereocenters. The fourth-order valence-electron chi connectivity index (χ4n) is 2.81. The summed E-state index contributed by atoms with van der Waals surface area (Å²) in [5.74, 6) is 0.390. The number of ketones is 1. The molecule has 0 atom stereocenters. The molecule has 0 aliphatic heterocycles. The van der Waals surface area contributed by atoms with Crippen molar-refractivity contribution in [2.24, 2.45) is 0 Å². The molecule has 0 fully saturated rings. The van der Waals surface area contributed by atoms with Crippen LogP contribution in [-0.4, -0.2) is 5.78 Å². The van der Waals surface area contributed by atoms with E-state index in [1.807, 2.05) is 0 Å². The number of Topliss-reactive ketones (excluding diaryl/α,β-unsaturated/α-hetero) is 1. The lowest BCUT2D eigenvalue weighted by atomic mass is 9.87. The van der Waals surface area contributed by atoms with Crippen LogP contribution >= 0.6 is 0 Å². The normalized spacial score (nSPS) is 13.3. The summed E-state index contributed by atoms with van der Waals surface area (Å²) in [6, 6.07) is 0. The first-order valence-electron chi connectivity index (χ1n) is 9.10. The second-order valence-electron chi connectivity index (χ2n) is 5.90. The molecule has 21 heavy (non-hydrogen) atoms. The smallest absolute Gasteiger partial charge is 0.159 e. The number of allylic oxidation sites excluding steroid dienone is 4. The zero-order chi connectivity index (χ0) is 16.1. The first kappa shape index (κ1) is 20.1. The molecule has 1 heteroatoms. The van der Waals surface area contributed by atoms with Gasteiger partial charge in [-0.3, -0.25) is 4.79 Å². The molecule has 0 amide bonds. The van der Waals surface area contributed by atoms with E-state index < -0.39 is 0 Å². The van der Waals surface area contributed by atoms with Crippen molar-refractivity contribution in [3.05, 3.63) is 22.8 Å². The minimum Gasteiger partial charge on any atom is -0.295 e. The van der Waals surface area contributed by atoms with E-state index >= 15 is 0 Å². The lowest BCUT2D eigenvalue weighted by molar-refractivity contribution is -0.115. The highest BCUT2D eigenvalue weighted by atomic mass is 16.1. The molecule has 0 aliphatic rings. The maximum atomic E-state index is 12.5. The summed E-state index contributed by atoms with van der Waals surface area (Å²) in [5, 5.41) is 0. The highest BCUT2D eigenvalue weighted by molar-refractivity contribution is 5.96. The van der Waals surface area contributed by atoms with Gasteiger partial charge in [0.15, 0.2) is 5.78 Å². The monoisotopic (exact) mass is 292 g/mol. The van der Waals surface area contributed by atoms with Gasteiger partial charge in [0, 0.05) is 6.42 Å². The highest BCUT2D eigenvalue weighted by Gasteiger charge is 2.16. The van der Waals surface area contributed by atoms with Gasteiger partial charge in [0.1, 0.15) is 0 Å². The van der Waals surface area contributed by atoms with Gasteiger partial charge in [0.25, 0.3) is 0 Å². The van der Waals surface area contributed by atoms with E-state index in [0.29, 0.717) is 12.2 Å². The van der Waals surface area contributed by atoms with Gasteiger partial charge in [0.05, 0.1) is 0 Å². The second kappa shape index (κ2) is 12.9. The molecule has 122 valence electrons. The molecule has 0 spiro atoms. The van der Waals surface area contributed by atoms with Crippen LogP contribution in [0.3, 0.4) is 0 Å². The van der Waals surface area contributed by atoms with Crippen LogP contribution in [0.4, 0.5) is 0 Å². The van der Waals surface area contributed by atoms with Gasteiger partial charge in [0.2, 0.25) is 0 Å². The number of rotatable bonds is 12. The SMILES string of the molecule is CCC/C=C(CCC)/C(CCC)=C(\CCC)C(=O)CCC. The summed E-state index contributed by atoms with van der Waals surface area (Å²) in [6.07, 6.45) is 12.8. The quantitative estimate of drug-likeness (QED) is 0.286. The van der Waals surface area contributed by atoms with Crippen molar-refractivity contribution in [3.63, 3.8) is 0 Å². The topological polar surface area (TPSA) is 17.1 Å². The van der Waals surface area contributed by atoms with Crippen molar-refractivity contribution in [3.8, 4) is 0 Å². The molecule has 0 aliphatic carbocycles. The van der Waals surface area contributed by atoms with Crippen LogP contribution in [0.5, 0.6) is 0 Å². The van der Waals surface area contributed by atoms with Crippen molar-refractivity contribution in [1.29, 1.82) is 0 Å². The van der Waals surface area contributed by atoms with Crippen LogP contribution in [-0.2, 0) is 4.79 Å². The molecule has 0 saturated carbocycles. The molecule has 0 aromatic heterocycles. The summed E-state index contributed by atoms with van der Waals surface area (Å²) < 4.78 is 0. The fourth-order valence-corrected chi connectivity index (χ4v) is 2.81. The lowest BCUT2D eigenvalue weighted by Gasteiger charge is -2.17. The van der Waals surface area contributed by atoms with Crippen molar-refractivity contribution in [1.82, 2.24) is 0 Å². The summed E-state index contributed by atoms with van der Waals surface area (Å²) in [6.45, 7) is 10.9. The standard InChI is InChI=1S/C20H36O/c1-6-11-16-17(12-7-2)18(13-8-3)19(14-9-4)20(21)15-10-5/h16H,6-15H2,1-5H3/b17-16+,19-18+. The number of carbonyl (C=O) groups is 1. The van der Waals surface area contributed by atoms with Crippen molar-refractivity contribution >= 4 is 5.78 Å². The Kier molecular flexibility index (Phi) is 12.3. The molecule has 0 radical (unpaired) electrons. The largest absolute Gasteiger partial charge is 0.295 e. The molecule has 0 N–H and O–H groups in total. The molecule has 0 rings (SSSR count). The molecule has 0 bridgehead atoms. The van der Waals surface area contributed by atoms with E-state index in [0.717, 1.165) is 56.9 Å². The number of carbonyl (C=O) groups excluding carboxylic acids is 1. The van der Waals surface area contributed by atoms with Crippen LogP contribution in [0.15, 0.2) is 22.8 Å². The van der Waals surface area contributed by atoms with Gasteiger partial charge in [-0.05, 0) is 48.8 Å². The zero-order valence-electron chi connectivity index (χ0n) is 15.1. The summed E-state index contributed by atoms with van der Waals surface area (Å²) in [5.41, 5.74) is 3.97. The van der Waals surface area contributed by atoms with Crippen LogP contribution < -0.4 is 0 Å². The van der Waals surface area contributed by atoms with Crippen molar-refractivity contribution in [2.75, 3.05) is 0 Å². The Morgan fingerprint density at radius 2 is 1.19 bits per heavy atom. The summed E-state index contributed by atoms with van der Waals surface area (Å²) in [7, 11) is 0. The third kappa shape index (κ3) is 7.64. The molecular weight excluding hydrogens is 256 g/mol. The van der Waals surface area contributed by atoms with Crippen molar-refractivity contribution in [2.45, 2.75) is 98.8 Å². The van der Waals surface area contributed by atoms with E-state index in [9.17, 15) is 4.79 Å². The first-order chi connectivity index (χ1) is 10.2. The van der Waals surface area contributed by atoms with E-state index in [1.165, 1.54) is 17.6 Å². The second-order valence-corrected chi connectivity index (χ2v) is 5.90. The van der Waals surface area contributed by atoms with Gasteiger partial charge in [-0.25, -0.2) is 0 Å². The van der Waals surface area contributed by atoms with Gasteiger partial charge in [-0.15, -0.1) is 0 Å². The van der Waals surface area contributed by atoms with E-state index in [2.05, 4.69) is 40.7 Å². The van der Waals surface area contributed by atoms with Crippen LogP contribution in [0.2, 0.25) is 0 Å². The van der Waals surface area contributed by atoms with Gasteiger partial charge < -0.3 is 0 Å². The molecule has 0 aromatic rings. The zero-order valence-corrected chi connectivity index (χ0v) is 15.1. The van der Waals surface area contributed by atoms with Gasteiger partial charge >= 0.3 is 0 Å². The average molecular weight is 293 g/mol. The molecular formula is C20H36O. The number of unbranched alkanes of at least 4 members (excludes halogenated alkanes) is 1. The first-order valence-corrected chi connectivity index (χ1v) is 9.10. The minimum atomic E-state index is 0.390. The third-order valence-corrected chi connectivity index (χ3v) is 3.76. The Morgan fingerprint density at radius 3 is 1.67 bits per heavy atom. The molecule has 0 heterocycles.